The number of nitrogens with zero attached hydrogens (tertiary/aromatic N) is 3. The number of amides is 1. The lowest BCUT2D eigenvalue weighted by molar-refractivity contribution is -0.0369. The van der Waals surface area contributed by atoms with E-state index in [1.807, 2.05) is 30.3 Å². The Morgan fingerprint density at radius 2 is 2.00 bits per heavy atom. The summed E-state index contributed by atoms with van der Waals surface area (Å²) >= 11 is 6.47. The van der Waals surface area contributed by atoms with Crippen molar-refractivity contribution in [2.24, 2.45) is 0 Å². The number of aromatic nitrogens is 3. The van der Waals surface area contributed by atoms with Crippen LogP contribution in [-0.2, 0) is 16.1 Å². The van der Waals surface area contributed by atoms with E-state index in [9.17, 15) is 9.90 Å². The van der Waals surface area contributed by atoms with Gasteiger partial charge in [0.15, 0.2) is 11.4 Å². The molecule has 1 saturated heterocycles. The number of rotatable bonds is 7. The summed E-state index contributed by atoms with van der Waals surface area (Å²) in [4.78, 5) is 17.0. The molecule has 11 heteroatoms. The number of aliphatic hydroxyl groups excluding tert-OH is 1. The minimum absolute atomic E-state index is 0.0134. The third-order valence-corrected chi connectivity index (χ3v) is 6.92. The Bertz CT molecular complexity index is 1530. The maximum Gasteiger partial charge on any atom is 0.412 e. The van der Waals surface area contributed by atoms with Crippen LogP contribution in [0.2, 0.25) is 5.15 Å². The van der Waals surface area contributed by atoms with Gasteiger partial charge >= 0.3 is 6.09 Å². The molecule has 4 aromatic rings. The summed E-state index contributed by atoms with van der Waals surface area (Å²) in [5.74, 6) is -0.319. The molecule has 1 amide bonds. The Labute approximate surface area is 242 Å². The van der Waals surface area contributed by atoms with Crippen molar-refractivity contribution in [2.75, 3.05) is 11.9 Å². The van der Waals surface area contributed by atoms with Crippen LogP contribution in [0.4, 0.5) is 14.9 Å². The fraction of sp³-hybridized carbons (Fsp3) is 0.367. The van der Waals surface area contributed by atoms with E-state index in [0.717, 1.165) is 18.4 Å². The Balaban J connectivity index is 1.59. The summed E-state index contributed by atoms with van der Waals surface area (Å²) in [6.07, 6.45) is 2.84. The monoisotopic (exact) mass is 582 g/mol. The zero-order valence-corrected chi connectivity index (χ0v) is 23.8. The normalized spacial score (nSPS) is 16.4. The van der Waals surface area contributed by atoms with Gasteiger partial charge in [-0.25, -0.2) is 18.9 Å². The molecular formula is C30H32ClFN4O5. The van der Waals surface area contributed by atoms with Crippen molar-refractivity contribution in [1.82, 2.24) is 14.8 Å². The quantitative estimate of drug-likeness (QED) is 0.227. The molecule has 0 aliphatic carbocycles. The van der Waals surface area contributed by atoms with E-state index in [1.54, 1.807) is 20.8 Å². The van der Waals surface area contributed by atoms with Gasteiger partial charge in [-0.1, -0.05) is 48.0 Å². The van der Waals surface area contributed by atoms with Gasteiger partial charge in [-0.15, -0.1) is 0 Å². The van der Waals surface area contributed by atoms with Crippen molar-refractivity contribution < 1.29 is 28.5 Å². The second-order valence-electron chi connectivity index (χ2n) is 10.8. The van der Waals surface area contributed by atoms with Crippen LogP contribution in [0.1, 0.15) is 69.1 Å². The van der Waals surface area contributed by atoms with Crippen LogP contribution in [0.3, 0.4) is 0 Å². The number of hydrogen-bond acceptors (Lipinski definition) is 7. The van der Waals surface area contributed by atoms with Crippen molar-refractivity contribution in [3.63, 3.8) is 0 Å². The molecule has 216 valence electrons. The largest absolute Gasteiger partial charge is 0.487 e. The molecule has 0 radical (unpaired) electrons. The average Bonchev–Trinajstić information content (AvgIpc) is 3.39. The molecule has 3 heterocycles. The smallest absolute Gasteiger partial charge is 0.412 e. The molecule has 1 fully saturated rings. The van der Waals surface area contributed by atoms with Gasteiger partial charge in [0.2, 0.25) is 0 Å². The molecule has 0 spiro atoms. The number of aliphatic hydroxyl groups is 1. The third kappa shape index (κ3) is 6.45. The molecular weight excluding hydrogens is 551 g/mol. The molecule has 0 saturated carbocycles. The van der Waals surface area contributed by atoms with E-state index in [0.29, 0.717) is 24.0 Å². The SMILES string of the molecule is CC(C)(C)OC(=O)Nc1c(Cl)ncc(OCc2ccccc2)c1C(O)c1ccc(F)c2c1cnn2C1CCCCO1. The highest BCUT2D eigenvalue weighted by atomic mass is 35.5. The molecule has 2 atom stereocenters. The summed E-state index contributed by atoms with van der Waals surface area (Å²) in [6.45, 7) is 5.90. The first-order chi connectivity index (χ1) is 19.6. The van der Waals surface area contributed by atoms with Gasteiger partial charge in [0.25, 0.3) is 0 Å². The van der Waals surface area contributed by atoms with Crippen LogP contribution < -0.4 is 10.1 Å². The molecule has 1 aliphatic heterocycles. The number of fused-ring (bicyclic) bond motifs is 1. The Kier molecular flexibility index (Phi) is 8.44. The van der Waals surface area contributed by atoms with Crippen LogP contribution in [0.5, 0.6) is 5.75 Å². The molecule has 9 nitrogen and oxygen atoms in total. The lowest BCUT2D eigenvalue weighted by Gasteiger charge is -2.24. The average molecular weight is 583 g/mol. The van der Waals surface area contributed by atoms with Crippen molar-refractivity contribution >= 4 is 34.3 Å². The molecule has 5 rings (SSSR count). The molecule has 2 aromatic heterocycles. The molecule has 41 heavy (non-hydrogen) atoms. The van der Waals surface area contributed by atoms with Crippen LogP contribution in [0.25, 0.3) is 10.9 Å². The third-order valence-electron chi connectivity index (χ3n) is 6.64. The first kappa shape index (κ1) is 28.8. The maximum absolute atomic E-state index is 15.2. The van der Waals surface area contributed by atoms with Crippen LogP contribution in [0, 0.1) is 5.82 Å². The predicted molar refractivity (Wildman–Crippen MR) is 152 cm³/mol. The van der Waals surface area contributed by atoms with Gasteiger partial charge < -0.3 is 19.3 Å². The second kappa shape index (κ2) is 12.0. The lowest BCUT2D eigenvalue weighted by Crippen LogP contribution is -2.28. The van der Waals surface area contributed by atoms with Crippen molar-refractivity contribution in [2.45, 2.75) is 64.6 Å². The number of halogens is 2. The minimum atomic E-state index is -1.42. The first-order valence-corrected chi connectivity index (χ1v) is 13.8. The predicted octanol–water partition coefficient (Wildman–Crippen LogP) is 6.93. The van der Waals surface area contributed by atoms with E-state index >= 15 is 4.39 Å². The van der Waals surface area contributed by atoms with E-state index < -0.39 is 29.8 Å². The van der Waals surface area contributed by atoms with Crippen LogP contribution in [0.15, 0.2) is 54.9 Å². The summed E-state index contributed by atoms with van der Waals surface area (Å²) in [7, 11) is 0. The molecule has 1 aliphatic rings. The molecule has 0 bridgehead atoms. The van der Waals surface area contributed by atoms with Gasteiger partial charge in [-0.2, -0.15) is 5.10 Å². The number of ether oxygens (including phenoxy) is 3. The first-order valence-electron chi connectivity index (χ1n) is 13.4. The number of hydrogen-bond donors (Lipinski definition) is 2. The Morgan fingerprint density at radius 3 is 2.71 bits per heavy atom. The topological polar surface area (TPSA) is 108 Å². The van der Waals surface area contributed by atoms with Crippen molar-refractivity contribution in [3.8, 4) is 5.75 Å². The maximum atomic E-state index is 15.2. The van der Waals surface area contributed by atoms with Gasteiger partial charge in [0, 0.05) is 12.0 Å². The summed E-state index contributed by atoms with van der Waals surface area (Å²) in [5, 5.41) is 19.2. The standard InChI is InChI=1S/C30H32ClFN4O5/c1-30(2,3)41-29(38)35-25-24(22(16-33-28(25)31)40-17-18-9-5-4-6-10-18)27(37)19-12-13-21(32)26-20(19)15-34-36(26)23-11-7-8-14-39-23/h4-6,9-10,12-13,15-16,23,27,37H,7-8,11,14,17H2,1-3H3,(H,35,38). The zero-order chi connectivity index (χ0) is 29.1. The molecule has 2 N–H and O–H groups in total. The summed E-state index contributed by atoms with van der Waals surface area (Å²) in [5.41, 5.74) is 0.788. The Hall–Kier alpha value is -3.73. The molecule has 2 unspecified atom stereocenters. The molecule has 2 aromatic carbocycles. The van der Waals surface area contributed by atoms with Crippen molar-refractivity contribution in [3.05, 3.63) is 82.5 Å². The number of nitrogens with one attached hydrogen (secondary N) is 1. The van der Waals surface area contributed by atoms with Crippen molar-refractivity contribution in [1.29, 1.82) is 0 Å². The highest BCUT2D eigenvalue weighted by Crippen LogP contribution is 2.42. The zero-order valence-electron chi connectivity index (χ0n) is 23.1. The number of anilines is 1. The van der Waals surface area contributed by atoms with Crippen LogP contribution in [-0.4, -0.2) is 38.2 Å². The number of carbonyl (C=O) groups is 1. The van der Waals surface area contributed by atoms with E-state index in [-0.39, 0.29) is 34.3 Å². The summed E-state index contributed by atoms with van der Waals surface area (Å²) < 4.78 is 34.1. The van der Waals surface area contributed by atoms with E-state index in [2.05, 4.69) is 15.4 Å². The minimum Gasteiger partial charge on any atom is -0.487 e. The fourth-order valence-electron chi connectivity index (χ4n) is 4.80. The van der Waals surface area contributed by atoms with Gasteiger partial charge in [0.1, 0.15) is 35.4 Å². The van der Waals surface area contributed by atoms with E-state index in [4.69, 9.17) is 25.8 Å². The van der Waals surface area contributed by atoms with Crippen LogP contribution >= 0.6 is 11.6 Å². The highest BCUT2D eigenvalue weighted by Gasteiger charge is 2.29. The van der Waals surface area contributed by atoms with Gasteiger partial charge in [0.05, 0.1) is 23.6 Å². The fourth-order valence-corrected chi connectivity index (χ4v) is 5.00. The number of pyridine rings is 1. The van der Waals surface area contributed by atoms with Gasteiger partial charge in [-0.3, -0.25) is 5.32 Å². The summed E-state index contributed by atoms with van der Waals surface area (Å²) in [6, 6.07) is 12.2. The second-order valence-corrected chi connectivity index (χ2v) is 11.2. The van der Waals surface area contributed by atoms with E-state index in [1.165, 1.54) is 29.2 Å². The highest BCUT2D eigenvalue weighted by molar-refractivity contribution is 6.32. The number of benzene rings is 2. The number of carbonyl (C=O) groups excluding carboxylic acids is 1. The lowest BCUT2D eigenvalue weighted by atomic mass is 9.97. The Morgan fingerprint density at radius 1 is 1.22 bits per heavy atom. The van der Waals surface area contributed by atoms with Gasteiger partial charge in [-0.05, 0) is 57.2 Å².